The van der Waals surface area contributed by atoms with Gasteiger partial charge in [0.25, 0.3) is 5.91 Å². The summed E-state index contributed by atoms with van der Waals surface area (Å²) in [4.78, 5) is 28.9. The van der Waals surface area contributed by atoms with Crippen LogP contribution in [0.1, 0.15) is 31.9 Å². The molecule has 0 spiro atoms. The Labute approximate surface area is 229 Å². The van der Waals surface area contributed by atoms with Gasteiger partial charge in [0, 0.05) is 41.7 Å². The molecular formula is C30H35ClN2O5. The van der Waals surface area contributed by atoms with E-state index in [9.17, 15) is 9.59 Å². The van der Waals surface area contributed by atoms with Gasteiger partial charge in [0.2, 0.25) is 5.91 Å². The lowest BCUT2D eigenvalue weighted by Crippen LogP contribution is -2.55. The standard InChI is InChI=1S/C30H35ClN2O5/c1-30(2,3)32-29(35)27(15-21-9-7-6-8-10-21)33(19-22-11-13-23(31)14-12-22)28(34)20-38-26-17-24(36-4)16-25(18-26)37-5/h6-14,16-18,27H,15,19-20H2,1-5H3,(H,32,35). The molecule has 0 saturated heterocycles. The summed E-state index contributed by atoms with van der Waals surface area (Å²) in [7, 11) is 3.08. The van der Waals surface area contributed by atoms with E-state index in [0.717, 1.165) is 11.1 Å². The number of hydrogen-bond acceptors (Lipinski definition) is 5. The van der Waals surface area contributed by atoms with E-state index in [1.54, 1.807) is 49.5 Å². The molecule has 0 heterocycles. The summed E-state index contributed by atoms with van der Waals surface area (Å²) in [6.07, 6.45) is 0.342. The van der Waals surface area contributed by atoms with E-state index in [4.69, 9.17) is 25.8 Å². The van der Waals surface area contributed by atoms with Gasteiger partial charge in [-0.1, -0.05) is 54.1 Å². The summed E-state index contributed by atoms with van der Waals surface area (Å²) in [5.74, 6) is 0.908. The maximum atomic E-state index is 13.7. The Balaban J connectivity index is 1.93. The molecule has 7 nitrogen and oxygen atoms in total. The van der Waals surface area contributed by atoms with Crippen molar-refractivity contribution in [1.29, 1.82) is 0 Å². The fraction of sp³-hybridized carbons (Fsp3) is 0.333. The number of halogens is 1. The topological polar surface area (TPSA) is 77.1 Å². The van der Waals surface area contributed by atoms with Gasteiger partial charge >= 0.3 is 0 Å². The largest absolute Gasteiger partial charge is 0.496 e. The second-order valence-corrected chi connectivity index (χ2v) is 10.4. The van der Waals surface area contributed by atoms with Crippen LogP contribution in [-0.4, -0.2) is 49.1 Å². The zero-order chi connectivity index (χ0) is 27.7. The van der Waals surface area contributed by atoms with Crippen LogP contribution < -0.4 is 19.5 Å². The SMILES string of the molecule is COc1cc(OC)cc(OCC(=O)N(Cc2ccc(Cl)cc2)C(Cc2ccccc2)C(=O)NC(C)(C)C)c1. The number of carbonyl (C=O) groups excluding carboxylic acids is 2. The number of rotatable bonds is 11. The van der Waals surface area contributed by atoms with Crippen molar-refractivity contribution in [3.05, 3.63) is 88.9 Å². The van der Waals surface area contributed by atoms with Gasteiger partial charge in [-0.05, 0) is 44.0 Å². The van der Waals surface area contributed by atoms with Gasteiger partial charge in [0.05, 0.1) is 14.2 Å². The predicted molar refractivity (Wildman–Crippen MR) is 149 cm³/mol. The number of nitrogens with zero attached hydrogens (tertiary/aromatic N) is 1. The summed E-state index contributed by atoms with van der Waals surface area (Å²) < 4.78 is 16.5. The fourth-order valence-corrected chi connectivity index (χ4v) is 4.01. The van der Waals surface area contributed by atoms with E-state index in [1.807, 2.05) is 63.2 Å². The highest BCUT2D eigenvalue weighted by atomic mass is 35.5. The minimum atomic E-state index is -0.775. The Bertz CT molecular complexity index is 1190. The first-order chi connectivity index (χ1) is 18.1. The lowest BCUT2D eigenvalue weighted by Gasteiger charge is -2.33. The molecule has 0 fully saturated rings. The molecule has 2 amide bonds. The highest BCUT2D eigenvalue weighted by molar-refractivity contribution is 6.30. The van der Waals surface area contributed by atoms with Gasteiger partial charge in [-0.15, -0.1) is 0 Å². The number of benzene rings is 3. The van der Waals surface area contributed by atoms with Gasteiger partial charge in [-0.3, -0.25) is 9.59 Å². The average molecular weight is 539 g/mol. The molecule has 0 aliphatic carbocycles. The molecule has 0 radical (unpaired) electrons. The number of amides is 2. The van der Waals surface area contributed by atoms with Crippen LogP contribution in [0.3, 0.4) is 0 Å². The minimum Gasteiger partial charge on any atom is -0.496 e. The van der Waals surface area contributed by atoms with Crippen LogP contribution in [0.4, 0.5) is 0 Å². The Hall–Kier alpha value is -3.71. The van der Waals surface area contributed by atoms with Crippen LogP contribution in [0.2, 0.25) is 5.02 Å². The normalized spacial score (nSPS) is 11.8. The fourth-order valence-electron chi connectivity index (χ4n) is 3.89. The first kappa shape index (κ1) is 28.9. The van der Waals surface area contributed by atoms with Crippen molar-refractivity contribution >= 4 is 23.4 Å². The summed E-state index contributed by atoms with van der Waals surface area (Å²) in [5.41, 5.74) is 1.30. The summed E-state index contributed by atoms with van der Waals surface area (Å²) >= 11 is 6.09. The van der Waals surface area contributed by atoms with Crippen molar-refractivity contribution < 1.29 is 23.8 Å². The number of ether oxygens (including phenoxy) is 3. The zero-order valence-corrected chi connectivity index (χ0v) is 23.2. The third-order valence-corrected chi connectivity index (χ3v) is 5.97. The molecule has 1 unspecified atom stereocenters. The maximum Gasteiger partial charge on any atom is 0.261 e. The minimum absolute atomic E-state index is 0.204. The van der Waals surface area contributed by atoms with Gasteiger partial charge in [0.15, 0.2) is 6.61 Å². The Kier molecular flexibility index (Phi) is 10.0. The van der Waals surface area contributed by atoms with E-state index in [0.29, 0.717) is 28.7 Å². The van der Waals surface area contributed by atoms with E-state index in [2.05, 4.69) is 5.32 Å². The molecule has 0 bridgehead atoms. The van der Waals surface area contributed by atoms with Crippen molar-refractivity contribution in [3.8, 4) is 17.2 Å². The van der Waals surface area contributed by atoms with Crippen molar-refractivity contribution in [1.82, 2.24) is 10.2 Å². The molecule has 202 valence electrons. The molecule has 0 aliphatic heterocycles. The van der Waals surface area contributed by atoms with Crippen molar-refractivity contribution in [2.24, 2.45) is 0 Å². The van der Waals surface area contributed by atoms with Gasteiger partial charge in [-0.2, -0.15) is 0 Å². The molecule has 0 aliphatic rings. The lowest BCUT2D eigenvalue weighted by molar-refractivity contribution is -0.143. The van der Waals surface area contributed by atoms with Crippen molar-refractivity contribution in [3.63, 3.8) is 0 Å². The first-order valence-corrected chi connectivity index (χ1v) is 12.7. The highest BCUT2D eigenvalue weighted by Gasteiger charge is 2.32. The van der Waals surface area contributed by atoms with Crippen LogP contribution in [0, 0.1) is 0 Å². The molecule has 0 saturated carbocycles. The number of methoxy groups -OCH3 is 2. The van der Waals surface area contributed by atoms with Gasteiger partial charge < -0.3 is 24.4 Å². The van der Waals surface area contributed by atoms with E-state index in [1.165, 1.54) is 0 Å². The number of hydrogen-bond donors (Lipinski definition) is 1. The molecule has 1 atom stereocenters. The second kappa shape index (κ2) is 13.2. The Morgan fingerprint density at radius 3 is 2.00 bits per heavy atom. The van der Waals surface area contributed by atoms with Crippen LogP contribution in [0.25, 0.3) is 0 Å². The molecule has 1 N–H and O–H groups in total. The summed E-state index contributed by atoms with van der Waals surface area (Å²) in [5, 5.41) is 3.64. The van der Waals surface area contributed by atoms with Crippen molar-refractivity contribution in [2.45, 2.75) is 45.3 Å². The molecule has 8 heteroatoms. The van der Waals surface area contributed by atoms with Crippen LogP contribution in [-0.2, 0) is 22.6 Å². The molecule has 3 aromatic carbocycles. The molecule has 3 rings (SSSR count). The third kappa shape index (κ3) is 8.70. The van der Waals surface area contributed by atoms with E-state index < -0.39 is 11.6 Å². The third-order valence-electron chi connectivity index (χ3n) is 5.72. The van der Waals surface area contributed by atoms with Gasteiger partial charge in [0.1, 0.15) is 23.3 Å². The highest BCUT2D eigenvalue weighted by Crippen LogP contribution is 2.27. The number of nitrogens with one attached hydrogen (secondary N) is 1. The Morgan fingerprint density at radius 2 is 1.45 bits per heavy atom. The monoisotopic (exact) mass is 538 g/mol. The lowest BCUT2D eigenvalue weighted by atomic mass is 10.0. The zero-order valence-electron chi connectivity index (χ0n) is 22.5. The summed E-state index contributed by atoms with van der Waals surface area (Å²) in [6, 6.07) is 21.1. The second-order valence-electron chi connectivity index (χ2n) is 9.93. The predicted octanol–water partition coefficient (Wildman–Crippen LogP) is 5.29. The van der Waals surface area contributed by atoms with Crippen LogP contribution in [0.15, 0.2) is 72.8 Å². The van der Waals surface area contributed by atoms with Crippen LogP contribution in [0.5, 0.6) is 17.2 Å². The van der Waals surface area contributed by atoms with Gasteiger partial charge in [-0.25, -0.2) is 0 Å². The molecule has 0 aromatic heterocycles. The van der Waals surface area contributed by atoms with Crippen molar-refractivity contribution in [2.75, 3.05) is 20.8 Å². The Morgan fingerprint density at radius 1 is 0.868 bits per heavy atom. The molecular weight excluding hydrogens is 504 g/mol. The quantitative estimate of drug-likeness (QED) is 0.359. The van der Waals surface area contributed by atoms with E-state index >= 15 is 0 Å². The molecule has 3 aromatic rings. The van der Waals surface area contributed by atoms with Crippen LogP contribution >= 0.6 is 11.6 Å². The smallest absolute Gasteiger partial charge is 0.261 e. The van der Waals surface area contributed by atoms with E-state index in [-0.39, 0.29) is 25.0 Å². The number of carbonyl (C=O) groups is 2. The first-order valence-electron chi connectivity index (χ1n) is 12.3. The maximum absolute atomic E-state index is 13.7. The molecule has 38 heavy (non-hydrogen) atoms. The summed E-state index contributed by atoms with van der Waals surface area (Å²) in [6.45, 7) is 5.66. The average Bonchev–Trinajstić information content (AvgIpc) is 2.89.